The number of amides is 1. The van der Waals surface area contributed by atoms with Gasteiger partial charge >= 0.3 is 12.1 Å². The number of carbonyl (C=O) groups is 4. The van der Waals surface area contributed by atoms with Crippen molar-refractivity contribution in [2.24, 2.45) is 0 Å². The van der Waals surface area contributed by atoms with Crippen LogP contribution in [0.25, 0.3) is 0 Å². The summed E-state index contributed by atoms with van der Waals surface area (Å²) in [6, 6.07) is 8.52. The zero-order valence-corrected chi connectivity index (χ0v) is 16.1. The number of rotatable bonds is 4. The minimum absolute atomic E-state index is 0.0104. The van der Waals surface area contributed by atoms with E-state index in [0.29, 0.717) is 0 Å². The predicted octanol–water partition coefficient (Wildman–Crippen LogP) is 3.34. The van der Waals surface area contributed by atoms with Crippen LogP contribution in [0.4, 0.5) is 13.2 Å². The molecule has 1 amide bonds. The van der Waals surface area contributed by atoms with E-state index in [0.717, 1.165) is 13.0 Å². The number of ether oxygens (including phenoxy) is 1. The van der Waals surface area contributed by atoms with E-state index in [1.54, 1.807) is 17.4 Å². The third-order valence-corrected chi connectivity index (χ3v) is 4.76. The van der Waals surface area contributed by atoms with Crippen LogP contribution in [0.5, 0.6) is 0 Å². The second kappa shape index (κ2) is 7.91. The fraction of sp³-hybridized carbons (Fsp3) is 0.200. The maximum atomic E-state index is 12.8. The number of halogens is 4. The van der Waals surface area contributed by atoms with Crippen molar-refractivity contribution in [3.63, 3.8) is 0 Å². The molecule has 0 fully saturated rings. The maximum absolute atomic E-state index is 12.8. The Morgan fingerprint density at radius 1 is 1.03 bits per heavy atom. The molecule has 0 aliphatic heterocycles. The van der Waals surface area contributed by atoms with Gasteiger partial charge in [-0.2, -0.15) is 13.2 Å². The highest BCUT2D eigenvalue weighted by Crippen LogP contribution is 2.34. The monoisotopic (exact) mass is 439 g/mol. The summed E-state index contributed by atoms with van der Waals surface area (Å²) in [7, 11) is 0. The van der Waals surface area contributed by atoms with E-state index >= 15 is 0 Å². The molecule has 1 aliphatic carbocycles. The Hall–Kier alpha value is -3.20. The van der Waals surface area contributed by atoms with Crippen LogP contribution in [0.1, 0.15) is 49.1 Å². The minimum Gasteiger partial charge on any atom is -0.449 e. The molecule has 0 bridgehead atoms. The molecular weight excluding hydrogens is 427 g/mol. The number of ketones is 2. The molecule has 0 saturated carbocycles. The first kappa shape index (κ1) is 21.5. The van der Waals surface area contributed by atoms with E-state index in [1.807, 2.05) is 0 Å². The summed E-state index contributed by atoms with van der Waals surface area (Å²) in [6.07, 6.45) is -6.17. The highest BCUT2D eigenvalue weighted by atomic mass is 35.5. The van der Waals surface area contributed by atoms with Crippen molar-refractivity contribution >= 4 is 35.0 Å². The van der Waals surface area contributed by atoms with Gasteiger partial charge in [-0.25, -0.2) is 4.79 Å². The first-order valence-electron chi connectivity index (χ1n) is 8.57. The van der Waals surface area contributed by atoms with Gasteiger partial charge in [-0.15, -0.1) is 0 Å². The zero-order chi connectivity index (χ0) is 22.2. The third-order valence-electron chi connectivity index (χ3n) is 4.37. The second-order valence-corrected chi connectivity index (χ2v) is 6.81. The molecule has 1 N–H and O–H groups in total. The molecule has 1 atom stereocenters. The molecule has 10 heteroatoms. The normalized spacial score (nSPS) is 13.9. The zero-order valence-electron chi connectivity index (χ0n) is 15.3. The Balaban J connectivity index is 1.85. The van der Waals surface area contributed by atoms with Crippen LogP contribution < -0.4 is 5.32 Å². The van der Waals surface area contributed by atoms with Gasteiger partial charge in [0.2, 0.25) is 0 Å². The van der Waals surface area contributed by atoms with Crippen molar-refractivity contribution in [1.29, 1.82) is 0 Å². The summed E-state index contributed by atoms with van der Waals surface area (Å²) in [5.41, 5.74) is -0.134. The quantitative estimate of drug-likeness (QED) is 0.630. The van der Waals surface area contributed by atoms with E-state index < -0.39 is 42.3 Å². The van der Waals surface area contributed by atoms with Gasteiger partial charge in [-0.3, -0.25) is 14.4 Å². The summed E-state index contributed by atoms with van der Waals surface area (Å²) < 4.78 is 41.5. The van der Waals surface area contributed by atoms with Crippen molar-refractivity contribution in [3.05, 3.63) is 69.2 Å². The lowest BCUT2D eigenvalue weighted by Crippen LogP contribution is -2.40. The SMILES string of the molecule is CC(OC(=O)c1ccc2c(c1Cl)C(=O)c1ccccc1C2=O)C(=O)NCC(F)(F)F. The first-order chi connectivity index (χ1) is 14.0. The maximum Gasteiger partial charge on any atom is 0.405 e. The van der Waals surface area contributed by atoms with Crippen molar-refractivity contribution in [1.82, 2.24) is 5.32 Å². The number of carbonyl (C=O) groups excluding carboxylic acids is 4. The molecule has 0 spiro atoms. The Bertz CT molecular complexity index is 1080. The van der Waals surface area contributed by atoms with Crippen LogP contribution in [0.2, 0.25) is 5.02 Å². The summed E-state index contributed by atoms with van der Waals surface area (Å²) in [5.74, 6) is -3.29. The van der Waals surface area contributed by atoms with Gasteiger partial charge in [-0.1, -0.05) is 35.9 Å². The van der Waals surface area contributed by atoms with Crippen molar-refractivity contribution in [3.8, 4) is 0 Å². The van der Waals surface area contributed by atoms with Crippen LogP contribution in [-0.2, 0) is 9.53 Å². The van der Waals surface area contributed by atoms with Gasteiger partial charge < -0.3 is 10.1 Å². The van der Waals surface area contributed by atoms with E-state index in [-0.39, 0.29) is 32.8 Å². The molecule has 3 rings (SSSR count). The smallest absolute Gasteiger partial charge is 0.405 e. The predicted molar refractivity (Wildman–Crippen MR) is 98.7 cm³/mol. The minimum atomic E-state index is -4.62. The molecule has 2 aromatic carbocycles. The standard InChI is InChI=1S/C20H13ClF3NO5/c1-9(18(28)25-8-20(22,23)24)30-19(29)13-7-6-12-14(15(13)21)17(27)11-5-3-2-4-10(11)16(12)26/h2-7,9H,8H2,1H3,(H,25,28). The average Bonchev–Trinajstić information content (AvgIpc) is 2.69. The van der Waals surface area contributed by atoms with Gasteiger partial charge in [0.05, 0.1) is 16.1 Å². The van der Waals surface area contributed by atoms with Crippen molar-refractivity contribution in [2.75, 3.05) is 6.54 Å². The lowest BCUT2D eigenvalue weighted by atomic mass is 9.83. The molecule has 2 aromatic rings. The molecule has 6 nitrogen and oxygen atoms in total. The third kappa shape index (κ3) is 4.06. The fourth-order valence-corrected chi connectivity index (χ4v) is 3.24. The summed E-state index contributed by atoms with van der Waals surface area (Å²) in [5, 5.41) is 1.26. The lowest BCUT2D eigenvalue weighted by Gasteiger charge is -2.20. The number of hydrogen-bond donors (Lipinski definition) is 1. The van der Waals surface area contributed by atoms with Crippen LogP contribution in [-0.4, -0.2) is 42.3 Å². The van der Waals surface area contributed by atoms with Gasteiger partial charge in [-0.05, 0) is 19.1 Å². The van der Waals surface area contributed by atoms with Crippen molar-refractivity contribution in [2.45, 2.75) is 19.2 Å². The molecule has 1 unspecified atom stereocenters. The van der Waals surface area contributed by atoms with Gasteiger partial charge in [0.15, 0.2) is 17.7 Å². The van der Waals surface area contributed by atoms with Gasteiger partial charge in [0.25, 0.3) is 5.91 Å². The average molecular weight is 440 g/mol. The highest BCUT2D eigenvalue weighted by molar-refractivity contribution is 6.41. The Labute approximate surface area is 173 Å². The van der Waals surface area contributed by atoms with E-state index in [4.69, 9.17) is 16.3 Å². The fourth-order valence-electron chi connectivity index (χ4n) is 2.91. The van der Waals surface area contributed by atoms with Crippen LogP contribution in [0.15, 0.2) is 36.4 Å². The van der Waals surface area contributed by atoms with E-state index in [2.05, 4.69) is 0 Å². The number of hydrogen-bond acceptors (Lipinski definition) is 5. The molecule has 30 heavy (non-hydrogen) atoms. The van der Waals surface area contributed by atoms with Crippen LogP contribution >= 0.6 is 11.6 Å². The number of fused-ring (bicyclic) bond motifs is 2. The lowest BCUT2D eigenvalue weighted by molar-refractivity contribution is -0.143. The van der Waals surface area contributed by atoms with Crippen molar-refractivity contribution < 1.29 is 37.1 Å². The summed E-state index contributed by atoms with van der Waals surface area (Å²) in [6.45, 7) is -0.496. The number of esters is 1. The molecule has 156 valence electrons. The molecular formula is C20H13ClF3NO5. The number of alkyl halides is 3. The Kier molecular flexibility index (Phi) is 5.67. The summed E-state index contributed by atoms with van der Waals surface area (Å²) >= 11 is 6.21. The largest absolute Gasteiger partial charge is 0.449 e. The molecule has 0 saturated heterocycles. The Morgan fingerprint density at radius 3 is 2.23 bits per heavy atom. The van der Waals surface area contributed by atoms with Crippen LogP contribution in [0.3, 0.4) is 0 Å². The molecule has 0 aromatic heterocycles. The topological polar surface area (TPSA) is 89.5 Å². The molecule has 0 heterocycles. The van der Waals surface area contributed by atoms with E-state index in [9.17, 15) is 32.3 Å². The Morgan fingerprint density at radius 2 is 1.63 bits per heavy atom. The molecule has 0 radical (unpaired) electrons. The highest BCUT2D eigenvalue weighted by Gasteiger charge is 2.34. The van der Waals surface area contributed by atoms with Gasteiger partial charge in [0.1, 0.15) is 6.54 Å². The van der Waals surface area contributed by atoms with Gasteiger partial charge in [0, 0.05) is 16.7 Å². The van der Waals surface area contributed by atoms with E-state index in [1.165, 1.54) is 18.2 Å². The number of nitrogens with one attached hydrogen (secondary N) is 1. The first-order valence-corrected chi connectivity index (χ1v) is 8.95. The molecule has 1 aliphatic rings. The summed E-state index contributed by atoms with van der Waals surface area (Å²) in [4.78, 5) is 49.5. The van der Waals surface area contributed by atoms with Crippen LogP contribution in [0, 0.1) is 0 Å². The second-order valence-electron chi connectivity index (χ2n) is 6.43. The number of benzene rings is 2.